The van der Waals surface area contributed by atoms with E-state index >= 15 is 0 Å². The summed E-state index contributed by atoms with van der Waals surface area (Å²) >= 11 is 0. The first-order valence-electron chi connectivity index (χ1n) is 13.6. The van der Waals surface area contributed by atoms with Crippen LogP contribution in [0, 0.1) is 0 Å². The Balaban J connectivity index is 1.20. The number of benzene rings is 6. The lowest BCUT2D eigenvalue weighted by atomic mass is 10.2. The van der Waals surface area contributed by atoms with Crippen LogP contribution in [0.4, 0.5) is 34.1 Å². The molecule has 0 saturated carbocycles. The maximum atomic E-state index is 6.08. The quantitative estimate of drug-likeness (QED) is 0.164. The van der Waals surface area contributed by atoms with E-state index in [0.29, 0.717) is 0 Å². The van der Waals surface area contributed by atoms with Crippen LogP contribution in [-0.2, 0) is 0 Å². The van der Waals surface area contributed by atoms with Gasteiger partial charge >= 0.3 is 7.69 Å². The Hall–Kier alpha value is -5.42. The average Bonchev–Trinajstić information content (AvgIpc) is 3.04. The molecule has 0 aliphatic heterocycles. The predicted octanol–water partition coefficient (Wildman–Crippen LogP) is 9.35. The van der Waals surface area contributed by atoms with Crippen LogP contribution in [-0.4, -0.2) is 7.69 Å². The summed E-state index contributed by atoms with van der Waals surface area (Å²) in [7, 11) is 0.0836. The topological polar surface area (TPSA) is 24.9 Å². The Morgan fingerprint density at radius 2 is 0.610 bits per heavy atom. The van der Waals surface area contributed by atoms with Gasteiger partial charge in [-0.05, 0) is 72.8 Å². The number of hydrogen-bond acceptors (Lipinski definition) is 4. The first-order valence-corrected chi connectivity index (χ1v) is 13.6. The van der Waals surface area contributed by atoms with Crippen molar-refractivity contribution in [3.63, 3.8) is 0 Å². The van der Waals surface area contributed by atoms with E-state index in [1.165, 1.54) is 0 Å². The highest BCUT2D eigenvalue weighted by Gasteiger charge is 2.14. The molecule has 0 spiro atoms. The minimum atomic E-state index is 0.0836. The molecular formula is C36H29BN2O2. The Labute approximate surface area is 242 Å². The molecule has 0 fully saturated rings. The standard InChI is InChI=1S/C36H29BN2O2/c1-5-15-29(16-6-1)38(30-17-7-2-8-18-30)33-23-13-25-35(27-33)40-37-41-36-26-14-24-34(28-36)39(31-19-9-3-10-20-31)32-21-11-4-12-22-32/h1-28,37H. The lowest BCUT2D eigenvalue weighted by molar-refractivity contribution is 0.459. The van der Waals surface area contributed by atoms with Crippen LogP contribution in [0.1, 0.15) is 0 Å². The minimum absolute atomic E-state index is 0.0836. The van der Waals surface area contributed by atoms with Crippen molar-refractivity contribution in [2.45, 2.75) is 0 Å². The van der Waals surface area contributed by atoms with Crippen LogP contribution in [0.2, 0.25) is 0 Å². The highest BCUT2D eigenvalue weighted by atomic mass is 16.6. The molecule has 0 aliphatic rings. The Morgan fingerprint density at radius 1 is 0.317 bits per heavy atom. The molecule has 4 nitrogen and oxygen atoms in total. The smallest absolute Gasteiger partial charge is 0.528 e. The van der Waals surface area contributed by atoms with Crippen molar-refractivity contribution in [2.24, 2.45) is 0 Å². The molecule has 0 amide bonds. The fourth-order valence-corrected chi connectivity index (χ4v) is 4.79. The molecule has 0 atom stereocenters. The summed E-state index contributed by atoms with van der Waals surface area (Å²) in [6, 6.07) is 57.4. The number of anilines is 6. The van der Waals surface area contributed by atoms with Gasteiger partial charge in [-0.1, -0.05) is 84.9 Å². The number of para-hydroxylation sites is 4. The van der Waals surface area contributed by atoms with Crippen LogP contribution in [0.3, 0.4) is 0 Å². The van der Waals surface area contributed by atoms with Crippen LogP contribution in [0.15, 0.2) is 170 Å². The zero-order chi connectivity index (χ0) is 27.7. The van der Waals surface area contributed by atoms with Gasteiger partial charge in [0.25, 0.3) is 0 Å². The molecule has 6 aromatic carbocycles. The summed E-state index contributed by atoms with van der Waals surface area (Å²) in [6.07, 6.45) is 0. The van der Waals surface area contributed by atoms with Gasteiger partial charge in [-0.2, -0.15) is 0 Å². The molecular weight excluding hydrogens is 503 g/mol. The van der Waals surface area contributed by atoms with Crippen molar-refractivity contribution in [3.05, 3.63) is 170 Å². The highest BCUT2D eigenvalue weighted by molar-refractivity contribution is 6.20. The van der Waals surface area contributed by atoms with Gasteiger partial charge in [0, 0.05) is 46.3 Å². The Bertz CT molecular complexity index is 1460. The van der Waals surface area contributed by atoms with Crippen molar-refractivity contribution >= 4 is 41.8 Å². The monoisotopic (exact) mass is 532 g/mol. The van der Waals surface area contributed by atoms with Crippen molar-refractivity contribution in [2.75, 3.05) is 9.80 Å². The largest absolute Gasteiger partial charge is 0.576 e. The van der Waals surface area contributed by atoms with Crippen LogP contribution >= 0.6 is 0 Å². The van der Waals surface area contributed by atoms with E-state index in [9.17, 15) is 0 Å². The van der Waals surface area contributed by atoms with Gasteiger partial charge in [0.1, 0.15) is 11.5 Å². The number of hydrogen-bond donors (Lipinski definition) is 0. The first-order chi connectivity index (χ1) is 20.3. The normalized spacial score (nSPS) is 10.4. The maximum Gasteiger partial charge on any atom is 0.576 e. The second-order valence-corrected chi connectivity index (χ2v) is 9.41. The fourth-order valence-electron chi connectivity index (χ4n) is 4.79. The van der Waals surface area contributed by atoms with E-state index in [-0.39, 0.29) is 7.69 Å². The van der Waals surface area contributed by atoms with Crippen LogP contribution < -0.4 is 19.1 Å². The van der Waals surface area contributed by atoms with E-state index in [1.54, 1.807) is 0 Å². The van der Waals surface area contributed by atoms with Crippen molar-refractivity contribution in [1.29, 1.82) is 0 Å². The van der Waals surface area contributed by atoms with Gasteiger partial charge in [-0.25, -0.2) is 0 Å². The van der Waals surface area contributed by atoms with Crippen molar-refractivity contribution < 1.29 is 9.31 Å². The van der Waals surface area contributed by atoms with E-state index < -0.39 is 0 Å². The molecule has 0 aliphatic carbocycles. The minimum Gasteiger partial charge on any atom is -0.528 e. The number of nitrogens with zero attached hydrogens (tertiary/aromatic N) is 2. The molecule has 6 aromatic rings. The summed E-state index contributed by atoms with van der Waals surface area (Å²) in [4.78, 5) is 4.41. The third-order valence-electron chi connectivity index (χ3n) is 6.66. The van der Waals surface area contributed by atoms with Gasteiger partial charge in [0.2, 0.25) is 0 Å². The molecule has 0 unspecified atom stereocenters. The van der Waals surface area contributed by atoms with E-state index in [1.807, 2.05) is 109 Å². The molecule has 0 N–H and O–H groups in total. The maximum absolute atomic E-state index is 6.08. The molecule has 198 valence electrons. The molecule has 6 rings (SSSR count). The molecule has 0 heterocycles. The van der Waals surface area contributed by atoms with Gasteiger partial charge in [0.15, 0.2) is 0 Å². The number of rotatable bonds is 10. The van der Waals surface area contributed by atoms with Gasteiger partial charge in [-0.3, -0.25) is 0 Å². The third-order valence-corrected chi connectivity index (χ3v) is 6.66. The fraction of sp³-hybridized carbons (Fsp3) is 0. The summed E-state index contributed by atoms with van der Waals surface area (Å²) in [6.45, 7) is 0. The Morgan fingerprint density at radius 3 is 0.927 bits per heavy atom. The first kappa shape index (κ1) is 25.8. The zero-order valence-electron chi connectivity index (χ0n) is 22.6. The predicted molar refractivity (Wildman–Crippen MR) is 171 cm³/mol. The molecule has 41 heavy (non-hydrogen) atoms. The van der Waals surface area contributed by atoms with Gasteiger partial charge < -0.3 is 19.1 Å². The van der Waals surface area contributed by atoms with Gasteiger partial charge in [0.05, 0.1) is 0 Å². The van der Waals surface area contributed by atoms with Gasteiger partial charge in [-0.15, -0.1) is 0 Å². The zero-order valence-corrected chi connectivity index (χ0v) is 22.6. The van der Waals surface area contributed by atoms with Crippen molar-refractivity contribution in [3.8, 4) is 11.5 Å². The summed E-state index contributed by atoms with van der Waals surface area (Å²) in [5.74, 6) is 1.46. The summed E-state index contributed by atoms with van der Waals surface area (Å²) < 4.78 is 12.2. The van der Waals surface area contributed by atoms with E-state index in [2.05, 4.69) is 70.5 Å². The molecule has 0 saturated heterocycles. The van der Waals surface area contributed by atoms with E-state index in [4.69, 9.17) is 9.31 Å². The second-order valence-electron chi connectivity index (χ2n) is 9.41. The Kier molecular flexibility index (Phi) is 7.96. The lowest BCUT2D eigenvalue weighted by Crippen LogP contribution is -2.13. The lowest BCUT2D eigenvalue weighted by Gasteiger charge is -2.26. The molecule has 0 radical (unpaired) electrons. The summed E-state index contributed by atoms with van der Waals surface area (Å²) in [5, 5.41) is 0. The van der Waals surface area contributed by atoms with Crippen molar-refractivity contribution in [1.82, 2.24) is 0 Å². The SMILES string of the molecule is B(Oc1cccc(N(c2ccccc2)c2ccccc2)c1)Oc1cccc(N(c2ccccc2)c2ccccc2)c1. The second kappa shape index (κ2) is 12.6. The average molecular weight is 532 g/mol. The third kappa shape index (κ3) is 6.26. The highest BCUT2D eigenvalue weighted by Crippen LogP contribution is 2.37. The molecule has 5 heteroatoms. The van der Waals surface area contributed by atoms with Crippen LogP contribution in [0.25, 0.3) is 0 Å². The molecule has 0 bridgehead atoms. The molecule has 0 aromatic heterocycles. The summed E-state index contributed by atoms with van der Waals surface area (Å²) in [5.41, 5.74) is 6.30. The van der Waals surface area contributed by atoms with E-state index in [0.717, 1.165) is 45.6 Å². The van der Waals surface area contributed by atoms with Crippen LogP contribution in [0.5, 0.6) is 11.5 Å².